The van der Waals surface area contributed by atoms with Gasteiger partial charge in [0.05, 0.1) is 27.3 Å². The average Bonchev–Trinajstić information content (AvgIpc) is 3.04. The summed E-state index contributed by atoms with van der Waals surface area (Å²) in [6.45, 7) is 9.13. The van der Waals surface area contributed by atoms with Crippen LogP contribution in [0.25, 0.3) is 49.0 Å². The fraction of sp³-hybridized carbons (Fsp3) is 0.250. The summed E-state index contributed by atoms with van der Waals surface area (Å²) >= 11 is 0. The van der Waals surface area contributed by atoms with Crippen LogP contribution in [-0.2, 0) is 13.5 Å². The topological polar surface area (TPSA) is 8.29 Å². The molecule has 6 aromatic rings. The lowest BCUT2D eigenvalue weighted by Gasteiger charge is -2.15. The Hall–Kier alpha value is -3.13. The number of nitrogens with zero attached hydrogens (tertiary/aromatic N) is 2. The first kappa shape index (κ1) is 17.7. The lowest BCUT2D eigenvalue weighted by molar-refractivity contribution is -0.643. The maximum atomic E-state index is 2.54. The molecule has 6 rings (SSSR count). The molecule has 2 nitrogen and oxygen atoms in total. The molecule has 0 unspecified atom stereocenters. The average molecular weight is 392 g/mol. The van der Waals surface area contributed by atoms with Crippen molar-refractivity contribution in [2.24, 2.45) is 13.0 Å². The fourth-order valence-electron chi connectivity index (χ4n) is 5.69. The van der Waals surface area contributed by atoms with Gasteiger partial charge in [-0.25, -0.2) is 4.57 Å². The van der Waals surface area contributed by atoms with Crippen molar-refractivity contribution < 1.29 is 4.57 Å². The van der Waals surface area contributed by atoms with Crippen molar-refractivity contribution in [3.05, 3.63) is 71.4 Å². The molecule has 0 fully saturated rings. The van der Waals surface area contributed by atoms with Gasteiger partial charge in [-0.3, -0.25) is 0 Å². The number of pyridine rings is 2. The molecule has 30 heavy (non-hydrogen) atoms. The number of hydrogen-bond donors (Lipinski definition) is 0. The first-order valence-electron chi connectivity index (χ1n) is 10.9. The van der Waals surface area contributed by atoms with Crippen LogP contribution in [0.3, 0.4) is 0 Å². The monoisotopic (exact) mass is 391 g/mol. The van der Waals surface area contributed by atoms with Crippen LogP contribution in [-0.4, -0.2) is 4.40 Å². The third kappa shape index (κ3) is 2.17. The van der Waals surface area contributed by atoms with Gasteiger partial charge in [0, 0.05) is 16.8 Å². The maximum Gasteiger partial charge on any atom is 0.224 e. The second-order valence-corrected chi connectivity index (χ2v) is 9.41. The van der Waals surface area contributed by atoms with Crippen LogP contribution < -0.4 is 4.57 Å². The normalized spacial score (nSPS) is 12.6. The smallest absolute Gasteiger partial charge is 0.224 e. The second kappa shape index (κ2) is 5.95. The Morgan fingerprint density at radius 2 is 1.63 bits per heavy atom. The van der Waals surface area contributed by atoms with Gasteiger partial charge in [-0.05, 0) is 60.4 Å². The molecule has 3 heterocycles. The Balaban J connectivity index is 2.03. The Kier molecular flexibility index (Phi) is 3.51. The minimum Gasteiger partial charge on any atom is -0.307 e. The van der Waals surface area contributed by atoms with Crippen LogP contribution in [0.5, 0.6) is 0 Å². The van der Waals surface area contributed by atoms with E-state index in [9.17, 15) is 0 Å². The van der Waals surface area contributed by atoms with Crippen molar-refractivity contribution in [1.82, 2.24) is 4.40 Å². The summed E-state index contributed by atoms with van der Waals surface area (Å²) < 4.78 is 4.85. The van der Waals surface area contributed by atoms with Gasteiger partial charge >= 0.3 is 0 Å². The molecule has 3 aromatic heterocycles. The summed E-state index contributed by atoms with van der Waals surface area (Å²) in [7, 11) is 2.18. The predicted molar refractivity (Wildman–Crippen MR) is 128 cm³/mol. The quantitative estimate of drug-likeness (QED) is 0.178. The molecule has 148 valence electrons. The number of para-hydroxylation sites is 1. The maximum absolute atomic E-state index is 2.54. The molecule has 0 saturated heterocycles. The molecule has 0 amide bonds. The van der Waals surface area contributed by atoms with Crippen molar-refractivity contribution in [3.63, 3.8) is 0 Å². The second-order valence-electron chi connectivity index (χ2n) is 9.41. The molecule has 0 spiro atoms. The summed E-state index contributed by atoms with van der Waals surface area (Å²) in [5, 5.41) is 6.83. The van der Waals surface area contributed by atoms with Gasteiger partial charge in [0.1, 0.15) is 7.05 Å². The van der Waals surface area contributed by atoms with Crippen molar-refractivity contribution in [1.29, 1.82) is 0 Å². The lowest BCUT2D eigenvalue weighted by atomic mass is 9.94. The first-order valence-corrected chi connectivity index (χ1v) is 10.9. The standard InChI is InChI=1S/C28H27N2/c1-16(2)12-19-14-20-10-11-29(5)27-25-18(4)13-17(3)24-21-8-6-7-9-22(21)30(28(24)25)23(15-19)26(20)27/h6-11,13-16H,12H2,1-5H3/q+1. The molecule has 3 aromatic carbocycles. The van der Waals surface area contributed by atoms with Crippen molar-refractivity contribution >= 4 is 49.0 Å². The molecule has 0 atom stereocenters. The van der Waals surface area contributed by atoms with E-state index in [-0.39, 0.29) is 0 Å². The Morgan fingerprint density at radius 1 is 0.867 bits per heavy atom. The zero-order valence-electron chi connectivity index (χ0n) is 18.4. The zero-order valence-corrected chi connectivity index (χ0v) is 18.4. The third-order valence-corrected chi connectivity index (χ3v) is 6.73. The van der Waals surface area contributed by atoms with Gasteiger partial charge in [-0.1, -0.05) is 44.2 Å². The van der Waals surface area contributed by atoms with E-state index < -0.39 is 0 Å². The van der Waals surface area contributed by atoms with Gasteiger partial charge < -0.3 is 4.40 Å². The van der Waals surface area contributed by atoms with E-state index in [4.69, 9.17) is 0 Å². The van der Waals surface area contributed by atoms with Crippen LogP contribution in [0.15, 0.2) is 54.7 Å². The van der Waals surface area contributed by atoms with E-state index in [1.54, 1.807) is 0 Å². The van der Waals surface area contributed by atoms with Crippen LogP contribution in [0.2, 0.25) is 0 Å². The van der Waals surface area contributed by atoms with Gasteiger partial charge in [0.25, 0.3) is 0 Å². The van der Waals surface area contributed by atoms with Crippen molar-refractivity contribution in [3.8, 4) is 0 Å². The van der Waals surface area contributed by atoms with E-state index >= 15 is 0 Å². The van der Waals surface area contributed by atoms with Crippen molar-refractivity contribution in [2.45, 2.75) is 34.1 Å². The molecular formula is C28H27N2+. The summed E-state index contributed by atoms with van der Waals surface area (Å²) in [6.07, 6.45) is 3.32. The van der Waals surface area contributed by atoms with Crippen molar-refractivity contribution in [2.75, 3.05) is 0 Å². The number of hydrogen-bond acceptors (Lipinski definition) is 0. The number of aromatic nitrogens is 2. The highest BCUT2D eigenvalue weighted by atomic mass is 15.0. The molecule has 0 aliphatic rings. The van der Waals surface area contributed by atoms with Gasteiger partial charge in [-0.2, -0.15) is 0 Å². The highest BCUT2D eigenvalue weighted by molar-refractivity contribution is 6.26. The van der Waals surface area contributed by atoms with E-state index in [1.165, 1.54) is 65.7 Å². The molecule has 0 N–H and O–H groups in total. The summed E-state index contributed by atoms with van der Waals surface area (Å²) in [5.74, 6) is 0.635. The minimum atomic E-state index is 0.635. The van der Waals surface area contributed by atoms with Gasteiger partial charge in [0.15, 0.2) is 6.20 Å². The van der Waals surface area contributed by atoms with Crippen LogP contribution >= 0.6 is 0 Å². The first-order chi connectivity index (χ1) is 14.5. The number of rotatable bonds is 2. The molecule has 0 aliphatic carbocycles. The third-order valence-electron chi connectivity index (χ3n) is 6.73. The van der Waals surface area contributed by atoms with E-state index in [1.807, 2.05) is 0 Å². The predicted octanol–water partition coefficient (Wildman–Crippen LogP) is 6.63. The van der Waals surface area contributed by atoms with Gasteiger partial charge in [0.2, 0.25) is 5.52 Å². The van der Waals surface area contributed by atoms with E-state index in [0.717, 1.165) is 6.42 Å². The zero-order chi connectivity index (χ0) is 20.7. The van der Waals surface area contributed by atoms with Crippen LogP contribution in [0.4, 0.5) is 0 Å². The van der Waals surface area contributed by atoms with E-state index in [2.05, 4.69) is 98.4 Å². The summed E-state index contributed by atoms with van der Waals surface area (Å²) in [6, 6.07) is 18.4. The molecule has 0 bridgehead atoms. The molecule has 0 aliphatic heterocycles. The highest BCUT2D eigenvalue weighted by Gasteiger charge is 2.25. The SMILES string of the molecule is Cc1cc(C)c2c3c1c1ccccc1n3c1cc(CC(C)C)cc3cc[n+](C)c2c31. The largest absolute Gasteiger partial charge is 0.307 e. The highest BCUT2D eigenvalue weighted by Crippen LogP contribution is 2.42. The summed E-state index contributed by atoms with van der Waals surface area (Å²) in [4.78, 5) is 0. The Labute approximate surface area is 176 Å². The van der Waals surface area contributed by atoms with Crippen LogP contribution in [0, 0.1) is 19.8 Å². The number of benzene rings is 3. The Bertz CT molecular complexity index is 1620. The summed E-state index contributed by atoms with van der Waals surface area (Å²) in [5.41, 5.74) is 9.48. The molecule has 0 saturated carbocycles. The molecular weight excluding hydrogens is 364 g/mol. The number of fused-ring (bicyclic) bond motifs is 5. The van der Waals surface area contributed by atoms with E-state index in [0.29, 0.717) is 5.92 Å². The Morgan fingerprint density at radius 3 is 2.43 bits per heavy atom. The van der Waals surface area contributed by atoms with Gasteiger partial charge in [-0.15, -0.1) is 0 Å². The molecule has 2 heteroatoms. The minimum absolute atomic E-state index is 0.635. The fourth-order valence-corrected chi connectivity index (χ4v) is 5.69. The number of aryl methyl sites for hydroxylation is 3. The lowest BCUT2D eigenvalue weighted by Crippen LogP contribution is -2.29. The molecule has 0 radical (unpaired) electrons. The van der Waals surface area contributed by atoms with Crippen LogP contribution in [0.1, 0.15) is 30.5 Å².